The number of likely N-dealkylation sites (N-methyl/N-ethyl adjacent to an activating group) is 1. The summed E-state index contributed by atoms with van der Waals surface area (Å²) < 4.78 is 2.38. The zero-order chi connectivity index (χ0) is 18.0. The first kappa shape index (κ1) is 17.2. The first-order chi connectivity index (χ1) is 12.0. The summed E-state index contributed by atoms with van der Waals surface area (Å²) in [6.45, 7) is 2.15. The highest BCUT2D eigenvalue weighted by molar-refractivity contribution is 7.17. The Morgan fingerprint density at radius 2 is 2.04 bits per heavy atom. The van der Waals surface area contributed by atoms with Gasteiger partial charge in [0, 0.05) is 12.2 Å². The molecule has 0 aliphatic rings. The molecule has 0 spiro atoms. The number of benzene rings is 1. The lowest BCUT2D eigenvalue weighted by atomic mass is 10.2. The zero-order valence-corrected chi connectivity index (χ0v) is 14.5. The molecule has 0 saturated heterocycles. The van der Waals surface area contributed by atoms with Crippen LogP contribution in [0.15, 0.2) is 41.8 Å². The van der Waals surface area contributed by atoms with Crippen molar-refractivity contribution in [3.8, 4) is 0 Å². The number of carbonyl (C=O) groups excluding carboxylic acids is 1. The van der Waals surface area contributed by atoms with Gasteiger partial charge in [-0.1, -0.05) is 12.1 Å². The average molecular weight is 358 g/mol. The SMILES string of the molecule is CCN(C(=O)Cn1c(C(=O)O)cc2sccc21)c1cccc(CO)c1. The van der Waals surface area contributed by atoms with Crippen LogP contribution in [0.5, 0.6) is 0 Å². The van der Waals surface area contributed by atoms with Crippen molar-refractivity contribution in [2.75, 3.05) is 11.4 Å². The molecule has 1 aromatic carbocycles. The molecule has 0 atom stereocenters. The van der Waals surface area contributed by atoms with Gasteiger partial charge < -0.3 is 19.7 Å². The van der Waals surface area contributed by atoms with E-state index in [1.54, 1.807) is 35.2 Å². The molecule has 2 heterocycles. The van der Waals surface area contributed by atoms with Crippen molar-refractivity contribution in [2.45, 2.75) is 20.1 Å². The Morgan fingerprint density at radius 1 is 1.24 bits per heavy atom. The van der Waals surface area contributed by atoms with E-state index in [0.29, 0.717) is 12.2 Å². The molecule has 6 nitrogen and oxygen atoms in total. The summed E-state index contributed by atoms with van der Waals surface area (Å²) in [5.41, 5.74) is 2.26. The predicted octanol–water partition coefficient (Wildman–Crippen LogP) is 2.95. The van der Waals surface area contributed by atoms with E-state index in [-0.39, 0.29) is 24.8 Å². The number of amides is 1. The maximum Gasteiger partial charge on any atom is 0.352 e. The molecule has 0 fully saturated rings. The van der Waals surface area contributed by atoms with Gasteiger partial charge in [0.05, 0.1) is 16.8 Å². The molecule has 3 rings (SSSR count). The highest BCUT2D eigenvalue weighted by Gasteiger charge is 2.21. The van der Waals surface area contributed by atoms with Crippen molar-refractivity contribution in [1.82, 2.24) is 4.57 Å². The number of rotatable bonds is 6. The number of hydrogen-bond acceptors (Lipinski definition) is 4. The summed E-state index contributed by atoms with van der Waals surface area (Å²) in [6, 6.07) is 10.5. The van der Waals surface area contributed by atoms with Gasteiger partial charge in [0.2, 0.25) is 5.91 Å². The van der Waals surface area contributed by atoms with Crippen LogP contribution in [-0.4, -0.2) is 33.2 Å². The Labute approximate surface area is 148 Å². The van der Waals surface area contributed by atoms with Crippen molar-refractivity contribution in [3.05, 3.63) is 53.0 Å². The lowest BCUT2D eigenvalue weighted by Crippen LogP contribution is -2.34. The maximum absolute atomic E-state index is 12.8. The number of thiophene rings is 1. The first-order valence-corrected chi connectivity index (χ1v) is 8.73. The molecule has 0 bridgehead atoms. The number of anilines is 1. The highest BCUT2D eigenvalue weighted by atomic mass is 32.1. The Balaban J connectivity index is 1.93. The fraction of sp³-hybridized carbons (Fsp3) is 0.222. The van der Waals surface area contributed by atoms with Gasteiger partial charge >= 0.3 is 5.97 Å². The monoisotopic (exact) mass is 358 g/mol. The molecule has 0 unspecified atom stereocenters. The molecule has 2 N–H and O–H groups in total. The average Bonchev–Trinajstić information content (AvgIpc) is 3.18. The lowest BCUT2D eigenvalue weighted by molar-refractivity contribution is -0.119. The molecule has 0 aliphatic carbocycles. The fourth-order valence-corrected chi connectivity index (χ4v) is 3.69. The van der Waals surface area contributed by atoms with E-state index < -0.39 is 5.97 Å². The Bertz CT molecular complexity index is 928. The van der Waals surface area contributed by atoms with Crippen LogP contribution in [0.4, 0.5) is 5.69 Å². The van der Waals surface area contributed by atoms with Gasteiger partial charge in [-0.05, 0) is 42.1 Å². The molecule has 0 saturated carbocycles. The van der Waals surface area contributed by atoms with E-state index in [2.05, 4.69) is 0 Å². The predicted molar refractivity (Wildman–Crippen MR) is 97.2 cm³/mol. The summed E-state index contributed by atoms with van der Waals surface area (Å²) in [5.74, 6) is -1.26. The van der Waals surface area contributed by atoms with Crippen molar-refractivity contribution in [1.29, 1.82) is 0 Å². The quantitative estimate of drug-likeness (QED) is 0.710. The summed E-state index contributed by atoms with van der Waals surface area (Å²) in [6.07, 6.45) is 0. The second-order valence-corrected chi connectivity index (χ2v) is 6.50. The molecule has 2 aromatic heterocycles. The fourth-order valence-electron chi connectivity index (χ4n) is 2.87. The smallest absolute Gasteiger partial charge is 0.352 e. The van der Waals surface area contributed by atoms with Crippen LogP contribution in [0.3, 0.4) is 0 Å². The third kappa shape index (κ3) is 3.29. The van der Waals surface area contributed by atoms with Gasteiger partial charge in [-0.3, -0.25) is 4.79 Å². The Morgan fingerprint density at radius 3 is 2.72 bits per heavy atom. The number of carbonyl (C=O) groups is 2. The van der Waals surface area contributed by atoms with E-state index >= 15 is 0 Å². The van der Waals surface area contributed by atoms with Gasteiger partial charge in [0.1, 0.15) is 12.2 Å². The van der Waals surface area contributed by atoms with Crippen molar-refractivity contribution < 1.29 is 19.8 Å². The molecule has 3 aromatic rings. The van der Waals surface area contributed by atoms with Gasteiger partial charge in [0.25, 0.3) is 0 Å². The summed E-state index contributed by atoms with van der Waals surface area (Å²) >= 11 is 1.45. The van der Waals surface area contributed by atoms with Crippen molar-refractivity contribution in [2.24, 2.45) is 0 Å². The zero-order valence-electron chi connectivity index (χ0n) is 13.7. The van der Waals surface area contributed by atoms with E-state index in [9.17, 15) is 19.8 Å². The normalized spacial score (nSPS) is 11.0. The molecule has 25 heavy (non-hydrogen) atoms. The van der Waals surface area contributed by atoms with Crippen LogP contribution >= 0.6 is 11.3 Å². The van der Waals surface area contributed by atoms with E-state index in [0.717, 1.165) is 15.8 Å². The number of fused-ring (bicyclic) bond motifs is 1. The first-order valence-electron chi connectivity index (χ1n) is 7.85. The van der Waals surface area contributed by atoms with Gasteiger partial charge in [-0.25, -0.2) is 4.79 Å². The number of aromatic nitrogens is 1. The Kier molecular flexibility index (Phi) is 4.87. The van der Waals surface area contributed by atoms with Gasteiger partial charge in [-0.15, -0.1) is 11.3 Å². The minimum atomic E-state index is -1.05. The minimum absolute atomic E-state index is 0.0565. The Hall–Kier alpha value is -2.64. The number of aromatic carboxylic acids is 1. The molecule has 7 heteroatoms. The molecule has 1 amide bonds. The topological polar surface area (TPSA) is 82.8 Å². The van der Waals surface area contributed by atoms with Gasteiger partial charge in [0.15, 0.2) is 0 Å². The minimum Gasteiger partial charge on any atom is -0.477 e. The van der Waals surface area contributed by atoms with Crippen LogP contribution in [0.2, 0.25) is 0 Å². The van der Waals surface area contributed by atoms with Crippen molar-refractivity contribution in [3.63, 3.8) is 0 Å². The standard InChI is InChI=1S/C18H18N2O4S/c1-2-19(13-5-3-4-12(8-13)11-21)17(22)10-20-14-6-7-25-16(14)9-15(20)18(23)24/h3-9,21H,2,10-11H2,1H3,(H,23,24). The van der Waals surface area contributed by atoms with Gasteiger partial charge in [-0.2, -0.15) is 0 Å². The number of aliphatic hydroxyl groups is 1. The molecule has 0 radical (unpaired) electrons. The third-order valence-electron chi connectivity index (χ3n) is 4.06. The number of carboxylic acids is 1. The summed E-state index contributed by atoms with van der Waals surface area (Å²) in [7, 11) is 0. The third-order valence-corrected chi connectivity index (χ3v) is 4.91. The number of hydrogen-bond donors (Lipinski definition) is 2. The summed E-state index contributed by atoms with van der Waals surface area (Å²) in [4.78, 5) is 25.9. The van der Waals surface area contributed by atoms with E-state index in [4.69, 9.17) is 0 Å². The largest absolute Gasteiger partial charge is 0.477 e. The lowest BCUT2D eigenvalue weighted by Gasteiger charge is -2.22. The second kappa shape index (κ2) is 7.08. The summed E-state index contributed by atoms with van der Waals surface area (Å²) in [5, 5.41) is 20.6. The van der Waals surface area contributed by atoms with Crippen LogP contribution < -0.4 is 4.90 Å². The molecular formula is C18H18N2O4S. The molecular weight excluding hydrogens is 340 g/mol. The van der Waals surface area contributed by atoms with Crippen molar-refractivity contribution >= 4 is 39.1 Å². The van der Waals surface area contributed by atoms with Crippen LogP contribution in [-0.2, 0) is 17.9 Å². The number of nitrogens with zero attached hydrogens (tertiary/aromatic N) is 2. The second-order valence-electron chi connectivity index (χ2n) is 5.56. The number of carboxylic acid groups (broad SMARTS) is 1. The molecule has 130 valence electrons. The number of aliphatic hydroxyl groups excluding tert-OH is 1. The van der Waals surface area contributed by atoms with Crippen LogP contribution in [0.1, 0.15) is 23.0 Å². The van der Waals surface area contributed by atoms with E-state index in [1.165, 1.54) is 15.9 Å². The molecule has 0 aliphatic heterocycles. The maximum atomic E-state index is 12.8. The van der Waals surface area contributed by atoms with E-state index in [1.807, 2.05) is 18.4 Å². The van der Waals surface area contributed by atoms with Crippen LogP contribution in [0, 0.1) is 0 Å². The highest BCUT2D eigenvalue weighted by Crippen LogP contribution is 2.26. The van der Waals surface area contributed by atoms with Crippen LogP contribution in [0.25, 0.3) is 10.2 Å².